The van der Waals surface area contributed by atoms with Crippen LogP contribution in [0.4, 0.5) is 4.39 Å². The molecule has 0 amide bonds. The number of rotatable bonds is 5. The molecule has 0 aliphatic rings. The molecule has 0 heterocycles. The summed E-state index contributed by atoms with van der Waals surface area (Å²) in [7, 11) is 1.51. The molecular weight excluding hydrogens is 223 g/mol. The van der Waals surface area contributed by atoms with Crippen LogP contribution in [0.3, 0.4) is 0 Å². The van der Waals surface area contributed by atoms with E-state index in [1.165, 1.54) is 19.2 Å². The Morgan fingerprint density at radius 2 is 2.24 bits per heavy atom. The second-order valence-corrected chi connectivity index (χ2v) is 3.30. The van der Waals surface area contributed by atoms with Crippen molar-refractivity contribution < 1.29 is 18.7 Å². The largest absolute Gasteiger partial charge is 0.496 e. The van der Waals surface area contributed by atoms with Crippen LogP contribution in [0.5, 0.6) is 5.75 Å². The molecule has 0 aliphatic carbocycles. The maximum atomic E-state index is 13.0. The molecule has 0 radical (unpaired) electrons. The number of carbonyl (C=O) groups is 1. The van der Waals surface area contributed by atoms with Gasteiger partial charge in [0, 0.05) is 5.56 Å². The summed E-state index contributed by atoms with van der Waals surface area (Å²) < 4.78 is 22.8. The molecule has 1 aromatic rings. The van der Waals surface area contributed by atoms with E-state index >= 15 is 0 Å². The van der Waals surface area contributed by atoms with Crippen molar-refractivity contribution >= 4 is 12.0 Å². The Hall–Kier alpha value is -1.84. The Kier molecular flexibility index (Phi) is 5.20. The number of esters is 1. The van der Waals surface area contributed by atoms with Gasteiger partial charge in [-0.3, -0.25) is 4.79 Å². The van der Waals surface area contributed by atoms with E-state index in [0.717, 1.165) is 0 Å². The highest BCUT2D eigenvalue weighted by atomic mass is 19.1. The molecule has 3 nitrogen and oxygen atoms in total. The standard InChI is InChI=1S/C13H15FO3/c1-3-17-13(15)6-4-5-10-9-11(14)7-8-12(10)16-2/h4-5,7-9H,3,6H2,1-2H3. The summed E-state index contributed by atoms with van der Waals surface area (Å²) in [6.07, 6.45) is 3.42. The number of hydrogen-bond donors (Lipinski definition) is 0. The minimum atomic E-state index is -0.346. The molecule has 1 rings (SSSR count). The zero-order chi connectivity index (χ0) is 12.7. The molecule has 0 unspecified atom stereocenters. The first-order valence-electron chi connectivity index (χ1n) is 5.33. The molecule has 0 spiro atoms. The predicted octanol–water partition coefficient (Wildman–Crippen LogP) is 2.80. The van der Waals surface area contributed by atoms with Gasteiger partial charge in [-0.15, -0.1) is 0 Å². The lowest BCUT2D eigenvalue weighted by molar-refractivity contribution is -0.142. The van der Waals surface area contributed by atoms with Crippen LogP contribution < -0.4 is 4.74 Å². The zero-order valence-corrected chi connectivity index (χ0v) is 9.90. The highest BCUT2D eigenvalue weighted by molar-refractivity contribution is 5.73. The smallest absolute Gasteiger partial charge is 0.309 e. The van der Waals surface area contributed by atoms with Gasteiger partial charge in [0.25, 0.3) is 0 Å². The van der Waals surface area contributed by atoms with Crippen LogP contribution in [0.1, 0.15) is 18.9 Å². The summed E-state index contributed by atoms with van der Waals surface area (Å²) in [5.74, 6) is -0.0905. The molecule has 0 bridgehead atoms. The minimum Gasteiger partial charge on any atom is -0.496 e. The summed E-state index contributed by atoms with van der Waals surface area (Å²) in [5.41, 5.74) is 0.594. The first-order valence-corrected chi connectivity index (χ1v) is 5.33. The Bertz CT molecular complexity index is 413. The van der Waals surface area contributed by atoms with Crippen LogP contribution in [0.15, 0.2) is 24.3 Å². The van der Waals surface area contributed by atoms with Crippen LogP contribution in [0.2, 0.25) is 0 Å². The quantitative estimate of drug-likeness (QED) is 0.740. The fraction of sp³-hybridized carbons (Fsp3) is 0.308. The van der Waals surface area contributed by atoms with Crippen LogP contribution >= 0.6 is 0 Å². The van der Waals surface area contributed by atoms with Crippen molar-refractivity contribution in [3.8, 4) is 5.75 Å². The molecule has 17 heavy (non-hydrogen) atoms. The second kappa shape index (κ2) is 6.68. The first kappa shape index (κ1) is 13.2. The summed E-state index contributed by atoms with van der Waals surface area (Å²) in [4.78, 5) is 11.1. The van der Waals surface area contributed by atoms with E-state index in [1.54, 1.807) is 25.1 Å². The molecule has 0 saturated heterocycles. The number of hydrogen-bond acceptors (Lipinski definition) is 3. The van der Waals surface area contributed by atoms with Crippen LogP contribution in [-0.4, -0.2) is 19.7 Å². The molecule has 0 atom stereocenters. The van der Waals surface area contributed by atoms with Crippen molar-refractivity contribution in [1.82, 2.24) is 0 Å². The van der Waals surface area contributed by atoms with Gasteiger partial charge < -0.3 is 9.47 Å². The normalized spacial score (nSPS) is 10.5. The molecule has 0 saturated carbocycles. The third-order valence-electron chi connectivity index (χ3n) is 2.08. The number of benzene rings is 1. The van der Waals surface area contributed by atoms with E-state index in [4.69, 9.17) is 9.47 Å². The Morgan fingerprint density at radius 1 is 1.47 bits per heavy atom. The lowest BCUT2D eigenvalue weighted by Crippen LogP contribution is -2.01. The van der Waals surface area contributed by atoms with Gasteiger partial charge in [-0.2, -0.15) is 0 Å². The van der Waals surface area contributed by atoms with E-state index in [9.17, 15) is 9.18 Å². The van der Waals surface area contributed by atoms with Gasteiger partial charge in [-0.25, -0.2) is 4.39 Å². The van der Waals surface area contributed by atoms with Gasteiger partial charge in [-0.05, 0) is 25.1 Å². The summed E-state index contributed by atoms with van der Waals surface area (Å²) in [5, 5.41) is 0. The van der Waals surface area contributed by atoms with E-state index in [1.807, 2.05) is 0 Å². The topological polar surface area (TPSA) is 35.5 Å². The van der Waals surface area contributed by atoms with Crippen molar-refractivity contribution in [1.29, 1.82) is 0 Å². The maximum Gasteiger partial charge on any atom is 0.309 e. The summed E-state index contributed by atoms with van der Waals surface area (Å²) >= 11 is 0. The molecule has 92 valence electrons. The van der Waals surface area contributed by atoms with E-state index in [2.05, 4.69) is 0 Å². The van der Waals surface area contributed by atoms with Gasteiger partial charge in [0.1, 0.15) is 11.6 Å². The Balaban J connectivity index is 2.70. The summed E-state index contributed by atoms with van der Waals surface area (Å²) in [6, 6.07) is 4.21. The average molecular weight is 238 g/mol. The molecule has 0 N–H and O–H groups in total. The lowest BCUT2D eigenvalue weighted by atomic mass is 10.1. The third kappa shape index (κ3) is 4.26. The molecule has 4 heteroatoms. The van der Waals surface area contributed by atoms with Crippen molar-refractivity contribution in [3.05, 3.63) is 35.7 Å². The van der Waals surface area contributed by atoms with Crippen molar-refractivity contribution in [2.24, 2.45) is 0 Å². The maximum absolute atomic E-state index is 13.0. The van der Waals surface area contributed by atoms with E-state index in [-0.39, 0.29) is 18.2 Å². The Labute approximate surface area is 99.9 Å². The summed E-state index contributed by atoms with van der Waals surface area (Å²) in [6.45, 7) is 2.10. The number of carbonyl (C=O) groups excluding carboxylic acids is 1. The van der Waals surface area contributed by atoms with E-state index < -0.39 is 0 Å². The van der Waals surface area contributed by atoms with Crippen LogP contribution in [0, 0.1) is 5.82 Å². The molecule has 1 aromatic carbocycles. The monoisotopic (exact) mass is 238 g/mol. The zero-order valence-electron chi connectivity index (χ0n) is 9.90. The van der Waals surface area contributed by atoms with Crippen molar-refractivity contribution in [2.75, 3.05) is 13.7 Å². The molecule has 0 aromatic heterocycles. The third-order valence-corrected chi connectivity index (χ3v) is 2.08. The van der Waals surface area contributed by atoms with Gasteiger partial charge in [0.2, 0.25) is 0 Å². The predicted molar refractivity (Wildman–Crippen MR) is 63.2 cm³/mol. The Morgan fingerprint density at radius 3 is 2.88 bits per heavy atom. The molecular formula is C13H15FO3. The van der Waals surface area contributed by atoms with Gasteiger partial charge in [0.15, 0.2) is 0 Å². The lowest BCUT2D eigenvalue weighted by Gasteiger charge is -2.04. The van der Waals surface area contributed by atoms with Crippen molar-refractivity contribution in [2.45, 2.75) is 13.3 Å². The minimum absolute atomic E-state index is 0.160. The van der Waals surface area contributed by atoms with Gasteiger partial charge >= 0.3 is 5.97 Å². The molecule has 0 aliphatic heterocycles. The molecule has 0 fully saturated rings. The fourth-order valence-corrected chi connectivity index (χ4v) is 1.34. The van der Waals surface area contributed by atoms with Crippen LogP contribution in [0.25, 0.3) is 6.08 Å². The highest BCUT2D eigenvalue weighted by Crippen LogP contribution is 2.20. The second-order valence-electron chi connectivity index (χ2n) is 3.30. The first-order chi connectivity index (χ1) is 8.17. The SMILES string of the molecule is CCOC(=O)CC=Cc1cc(F)ccc1OC. The van der Waals surface area contributed by atoms with Gasteiger partial charge in [-0.1, -0.05) is 12.2 Å². The average Bonchev–Trinajstić information content (AvgIpc) is 2.30. The van der Waals surface area contributed by atoms with E-state index in [0.29, 0.717) is 17.9 Å². The number of halogens is 1. The number of ether oxygens (including phenoxy) is 2. The van der Waals surface area contributed by atoms with Gasteiger partial charge in [0.05, 0.1) is 20.1 Å². The number of methoxy groups -OCH3 is 1. The highest BCUT2D eigenvalue weighted by Gasteiger charge is 2.02. The van der Waals surface area contributed by atoms with Crippen molar-refractivity contribution in [3.63, 3.8) is 0 Å². The van der Waals surface area contributed by atoms with Crippen LogP contribution in [-0.2, 0) is 9.53 Å². The fourth-order valence-electron chi connectivity index (χ4n) is 1.34.